The van der Waals surface area contributed by atoms with E-state index in [0.29, 0.717) is 18.9 Å². The van der Waals surface area contributed by atoms with Gasteiger partial charge in [0.2, 0.25) is 5.91 Å². The Hall–Kier alpha value is -1.39. The monoisotopic (exact) mass is 334 g/mol. The smallest absolute Gasteiger partial charge is 0.238 e. The number of benzene rings is 1. The topological polar surface area (TPSA) is 52.6 Å². The third-order valence-electron chi connectivity index (χ3n) is 3.89. The van der Waals surface area contributed by atoms with E-state index in [1.807, 2.05) is 19.1 Å². The maximum absolute atomic E-state index is 12.6. The van der Waals surface area contributed by atoms with Crippen molar-refractivity contribution in [3.8, 4) is 0 Å². The highest BCUT2D eigenvalue weighted by Crippen LogP contribution is 2.27. The second-order valence-corrected chi connectivity index (χ2v) is 8.09. The summed E-state index contributed by atoms with van der Waals surface area (Å²) in [5, 5.41) is 12.2. The normalized spacial score (nSPS) is 12.0. The van der Waals surface area contributed by atoms with Gasteiger partial charge in [-0.05, 0) is 35.8 Å². The van der Waals surface area contributed by atoms with Gasteiger partial charge in [-0.1, -0.05) is 52.8 Å². The number of hydrogen-bond acceptors (Lipinski definition) is 3. The zero-order valence-corrected chi connectivity index (χ0v) is 16.1. The first-order valence-corrected chi connectivity index (χ1v) is 8.86. The van der Waals surface area contributed by atoms with E-state index in [0.717, 1.165) is 24.3 Å². The minimum atomic E-state index is 0.00777. The van der Waals surface area contributed by atoms with Gasteiger partial charge in [0.05, 0.1) is 6.54 Å². The van der Waals surface area contributed by atoms with E-state index in [1.165, 1.54) is 5.56 Å². The van der Waals surface area contributed by atoms with Crippen molar-refractivity contribution in [2.75, 3.05) is 31.6 Å². The molecule has 1 aromatic carbocycles. The van der Waals surface area contributed by atoms with E-state index in [4.69, 9.17) is 5.11 Å². The fourth-order valence-electron chi connectivity index (χ4n) is 2.90. The molecule has 0 bridgehead atoms. The van der Waals surface area contributed by atoms with E-state index in [-0.39, 0.29) is 17.9 Å². The van der Waals surface area contributed by atoms with Crippen LogP contribution in [0, 0.1) is 12.3 Å². The van der Waals surface area contributed by atoms with E-state index >= 15 is 0 Å². The predicted molar refractivity (Wildman–Crippen MR) is 101 cm³/mol. The maximum Gasteiger partial charge on any atom is 0.238 e. The summed E-state index contributed by atoms with van der Waals surface area (Å²) >= 11 is 0. The Morgan fingerprint density at radius 2 is 1.96 bits per heavy atom. The van der Waals surface area contributed by atoms with Gasteiger partial charge in [0.1, 0.15) is 0 Å². The Morgan fingerprint density at radius 3 is 2.50 bits per heavy atom. The summed E-state index contributed by atoms with van der Waals surface area (Å²) in [7, 11) is 0. The molecule has 4 heteroatoms. The van der Waals surface area contributed by atoms with Crippen LogP contribution in [0.1, 0.15) is 58.1 Å². The van der Waals surface area contributed by atoms with E-state index in [1.54, 1.807) is 0 Å². The molecule has 24 heavy (non-hydrogen) atoms. The van der Waals surface area contributed by atoms with Crippen LogP contribution < -0.4 is 5.32 Å². The Labute approximate surface area is 147 Å². The van der Waals surface area contributed by atoms with Crippen LogP contribution >= 0.6 is 0 Å². The highest BCUT2D eigenvalue weighted by molar-refractivity contribution is 5.93. The molecule has 136 valence electrons. The van der Waals surface area contributed by atoms with Gasteiger partial charge in [-0.3, -0.25) is 9.69 Å². The average molecular weight is 335 g/mol. The van der Waals surface area contributed by atoms with Crippen molar-refractivity contribution in [2.45, 2.75) is 53.9 Å². The maximum atomic E-state index is 12.6. The summed E-state index contributed by atoms with van der Waals surface area (Å²) in [5.41, 5.74) is 3.31. The van der Waals surface area contributed by atoms with Crippen molar-refractivity contribution >= 4 is 11.6 Å². The van der Waals surface area contributed by atoms with Crippen LogP contribution in [0.15, 0.2) is 18.2 Å². The molecule has 0 heterocycles. The molecular weight excluding hydrogens is 300 g/mol. The van der Waals surface area contributed by atoms with E-state index < -0.39 is 0 Å². The average Bonchev–Trinajstić information content (AvgIpc) is 2.45. The molecule has 0 spiro atoms. The number of carbonyl (C=O) groups is 1. The summed E-state index contributed by atoms with van der Waals surface area (Å²) in [6.07, 6.45) is 0.685. The first-order valence-electron chi connectivity index (χ1n) is 8.86. The van der Waals surface area contributed by atoms with Crippen molar-refractivity contribution in [3.05, 3.63) is 29.3 Å². The largest absolute Gasteiger partial charge is 0.396 e. The lowest BCUT2D eigenvalue weighted by Gasteiger charge is -2.29. The number of carbonyl (C=O) groups excluding carboxylic acids is 1. The van der Waals surface area contributed by atoms with Gasteiger partial charge in [-0.15, -0.1) is 0 Å². The molecule has 0 aliphatic heterocycles. The third kappa shape index (κ3) is 7.02. The van der Waals surface area contributed by atoms with Crippen molar-refractivity contribution in [2.24, 2.45) is 5.41 Å². The fraction of sp³-hybridized carbons (Fsp3) is 0.650. The fourth-order valence-corrected chi connectivity index (χ4v) is 2.90. The molecule has 2 N–H and O–H groups in total. The van der Waals surface area contributed by atoms with E-state index in [9.17, 15) is 4.79 Å². The van der Waals surface area contributed by atoms with Crippen LogP contribution in [-0.2, 0) is 4.79 Å². The van der Waals surface area contributed by atoms with Gasteiger partial charge in [0.25, 0.3) is 0 Å². The lowest BCUT2D eigenvalue weighted by Crippen LogP contribution is -2.39. The van der Waals surface area contributed by atoms with Crippen LogP contribution in [0.4, 0.5) is 5.69 Å². The van der Waals surface area contributed by atoms with Crippen LogP contribution in [0.2, 0.25) is 0 Å². The highest BCUT2D eigenvalue weighted by atomic mass is 16.3. The van der Waals surface area contributed by atoms with Crippen molar-refractivity contribution < 1.29 is 9.90 Å². The molecule has 0 unspecified atom stereocenters. The predicted octanol–water partition coefficient (Wildman–Crippen LogP) is 3.79. The number of nitrogens with zero attached hydrogens (tertiary/aromatic N) is 1. The van der Waals surface area contributed by atoms with E-state index in [2.05, 4.69) is 50.9 Å². The van der Waals surface area contributed by atoms with Crippen LogP contribution in [0.3, 0.4) is 0 Å². The number of aliphatic hydroxyl groups excluding tert-OH is 1. The number of hydrogen-bond donors (Lipinski definition) is 2. The van der Waals surface area contributed by atoms with Gasteiger partial charge in [0, 0.05) is 25.4 Å². The second-order valence-electron chi connectivity index (χ2n) is 8.09. The lowest BCUT2D eigenvalue weighted by atomic mass is 9.96. The quantitative estimate of drug-likeness (QED) is 0.760. The molecule has 0 saturated heterocycles. The number of rotatable bonds is 8. The third-order valence-corrected chi connectivity index (χ3v) is 3.89. The molecular formula is C20H34N2O2. The molecule has 0 aliphatic rings. The number of amides is 1. The molecule has 0 aromatic heterocycles. The Kier molecular flexibility index (Phi) is 7.91. The summed E-state index contributed by atoms with van der Waals surface area (Å²) in [6.45, 7) is 14.8. The zero-order chi connectivity index (χ0) is 18.3. The summed E-state index contributed by atoms with van der Waals surface area (Å²) in [6, 6.07) is 6.14. The summed E-state index contributed by atoms with van der Waals surface area (Å²) in [5.74, 6) is 0.369. The molecule has 4 nitrogen and oxygen atoms in total. The number of anilines is 1. The molecule has 0 aliphatic carbocycles. The Balaban J connectivity index is 2.82. The minimum absolute atomic E-state index is 0.00777. The molecule has 0 fully saturated rings. The molecule has 1 rings (SSSR count). The molecule has 1 aromatic rings. The SMILES string of the molecule is Cc1cccc(C(C)C)c1NC(=O)CN(CCCO)CC(C)(C)C. The Bertz CT molecular complexity index is 533. The molecule has 0 saturated carbocycles. The number of aryl methyl sites for hydroxylation is 1. The Morgan fingerprint density at radius 1 is 1.29 bits per heavy atom. The molecule has 1 amide bonds. The first-order chi connectivity index (χ1) is 11.1. The highest BCUT2D eigenvalue weighted by Gasteiger charge is 2.19. The number of aliphatic hydroxyl groups is 1. The van der Waals surface area contributed by atoms with Gasteiger partial charge >= 0.3 is 0 Å². The molecule has 0 atom stereocenters. The van der Waals surface area contributed by atoms with Crippen LogP contribution in [0.5, 0.6) is 0 Å². The second kappa shape index (κ2) is 9.19. The minimum Gasteiger partial charge on any atom is -0.396 e. The van der Waals surface area contributed by atoms with Crippen molar-refractivity contribution in [1.29, 1.82) is 0 Å². The van der Waals surface area contributed by atoms with Gasteiger partial charge in [-0.25, -0.2) is 0 Å². The summed E-state index contributed by atoms with van der Waals surface area (Å²) < 4.78 is 0. The zero-order valence-electron chi connectivity index (χ0n) is 16.1. The van der Waals surface area contributed by atoms with Crippen molar-refractivity contribution in [3.63, 3.8) is 0 Å². The summed E-state index contributed by atoms with van der Waals surface area (Å²) in [4.78, 5) is 14.7. The first kappa shape index (κ1) is 20.7. The number of nitrogens with one attached hydrogen (secondary N) is 1. The lowest BCUT2D eigenvalue weighted by molar-refractivity contribution is -0.117. The van der Waals surface area contributed by atoms with Gasteiger partial charge in [0.15, 0.2) is 0 Å². The van der Waals surface area contributed by atoms with Crippen LogP contribution in [0.25, 0.3) is 0 Å². The number of para-hydroxylation sites is 1. The van der Waals surface area contributed by atoms with Gasteiger partial charge in [-0.2, -0.15) is 0 Å². The van der Waals surface area contributed by atoms with Crippen molar-refractivity contribution in [1.82, 2.24) is 4.90 Å². The van der Waals surface area contributed by atoms with Crippen LogP contribution in [-0.4, -0.2) is 42.2 Å². The molecule has 0 radical (unpaired) electrons. The van der Waals surface area contributed by atoms with Gasteiger partial charge < -0.3 is 10.4 Å². The standard InChI is InChI=1S/C20H34N2O2/c1-15(2)17-10-7-9-16(3)19(17)21-18(24)13-22(11-8-12-23)14-20(4,5)6/h7,9-10,15,23H,8,11-14H2,1-6H3,(H,21,24).